The Morgan fingerprint density at radius 2 is 1.88 bits per heavy atom. The van der Waals surface area contributed by atoms with Crippen molar-refractivity contribution in [3.05, 3.63) is 55.4 Å². The molecule has 0 N–H and O–H groups in total. The molecular formula is C13H11Br2FS. The summed E-state index contributed by atoms with van der Waals surface area (Å²) in [5.41, 5.74) is 2.99. The lowest BCUT2D eigenvalue weighted by Crippen LogP contribution is -1.92. The highest BCUT2D eigenvalue weighted by Crippen LogP contribution is 2.39. The average Bonchev–Trinajstić information content (AvgIpc) is 2.62. The van der Waals surface area contributed by atoms with Gasteiger partial charge in [-0.2, -0.15) is 0 Å². The Hall–Kier alpha value is -0.190. The fourth-order valence-corrected chi connectivity index (χ4v) is 3.87. The first-order chi connectivity index (χ1) is 7.99. The summed E-state index contributed by atoms with van der Waals surface area (Å²) < 4.78 is 14.4. The SMILES string of the molecule is Cc1cc(C(Br)c2cc(C)c(Br)s2)ccc1F. The molecule has 0 saturated carbocycles. The molecule has 0 amide bonds. The van der Waals surface area contributed by atoms with Crippen molar-refractivity contribution in [2.24, 2.45) is 0 Å². The molecule has 2 aromatic rings. The molecule has 0 aliphatic carbocycles. The lowest BCUT2D eigenvalue weighted by molar-refractivity contribution is 0.618. The first kappa shape index (κ1) is 13.2. The summed E-state index contributed by atoms with van der Waals surface area (Å²) in [5, 5.41) is 0. The van der Waals surface area contributed by atoms with Gasteiger partial charge in [-0.05, 0) is 58.6 Å². The highest BCUT2D eigenvalue weighted by Gasteiger charge is 2.15. The molecule has 0 saturated heterocycles. The summed E-state index contributed by atoms with van der Waals surface area (Å²) in [6, 6.07) is 7.38. The molecule has 1 aromatic heterocycles. The van der Waals surface area contributed by atoms with Crippen LogP contribution in [0.2, 0.25) is 0 Å². The lowest BCUT2D eigenvalue weighted by atomic mass is 10.1. The summed E-state index contributed by atoms with van der Waals surface area (Å²) in [6.45, 7) is 3.86. The van der Waals surface area contributed by atoms with Gasteiger partial charge >= 0.3 is 0 Å². The van der Waals surface area contributed by atoms with Crippen molar-refractivity contribution in [2.75, 3.05) is 0 Å². The maximum Gasteiger partial charge on any atom is 0.126 e. The van der Waals surface area contributed by atoms with E-state index in [-0.39, 0.29) is 10.6 Å². The second-order valence-corrected chi connectivity index (χ2v) is 7.29. The van der Waals surface area contributed by atoms with Gasteiger partial charge in [-0.25, -0.2) is 4.39 Å². The van der Waals surface area contributed by atoms with Gasteiger partial charge in [0.05, 0.1) is 8.61 Å². The van der Waals surface area contributed by atoms with Gasteiger partial charge in [0.2, 0.25) is 0 Å². The first-order valence-corrected chi connectivity index (χ1v) is 7.67. The van der Waals surface area contributed by atoms with E-state index in [1.807, 2.05) is 12.1 Å². The molecule has 90 valence electrons. The Bertz CT molecular complexity index is 529. The maximum atomic E-state index is 13.2. The van der Waals surface area contributed by atoms with Gasteiger partial charge in [-0.15, -0.1) is 11.3 Å². The van der Waals surface area contributed by atoms with Gasteiger partial charge in [-0.3, -0.25) is 0 Å². The number of alkyl halides is 1. The van der Waals surface area contributed by atoms with Crippen molar-refractivity contribution in [2.45, 2.75) is 18.7 Å². The van der Waals surface area contributed by atoms with Crippen LogP contribution in [0.25, 0.3) is 0 Å². The standard InChI is InChI=1S/C13H11Br2FS/c1-7-5-9(3-4-10(7)16)12(14)11-6-8(2)13(15)17-11/h3-6,12H,1-2H3. The van der Waals surface area contributed by atoms with Crippen molar-refractivity contribution in [3.8, 4) is 0 Å². The zero-order valence-corrected chi connectivity index (χ0v) is 13.4. The molecule has 0 spiro atoms. The monoisotopic (exact) mass is 376 g/mol. The second kappa shape index (κ2) is 5.21. The molecule has 1 unspecified atom stereocenters. The van der Waals surface area contributed by atoms with E-state index in [0.29, 0.717) is 5.56 Å². The minimum absolute atomic E-state index is 0.122. The van der Waals surface area contributed by atoms with Gasteiger partial charge in [0, 0.05) is 4.88 Å². The number of hydrogen-bond donors (Lipinski definition) is 0. The third-order valence-electron chi connectivity index (χ3n) is 2.60. The second-order valence-electron chi connectivity index (χ2n) is 3.98. The molecule has 2 rings (SSSR count). The molecule has 4 heteroatoms. The molecule has 1 atom stereocenters. The quantitative estimate of drug-likeness (QED) is 0.584. The molecule has 0 nitrogen and oxygen atoms in total. The summed E-state index contributed by atoms with van der Waals surface area (Å²) >= 11 is 8.89. The summed E-state index contributed by atoms with van der Waals surface area (Å²) in [7, 11) is 0. The Kier molecular flexibility index (Phi) is 4.06. The summed E-state index contributed by atoms with van der Waals surface area (Å²) in [4.78, 5) is 1.34. The fraction of sp³-hybridized carbons (Fsp3) is 0.231. The van der Waals surface area contributed by atoms with Crippen molar-refractivity contribution >= 4 is 43.2 Å². The van der Waals surface area contributed by atoms with Crippen molar-refractivity contribution in [3.63, 3.8) is 0 Å². The zero-order chi connectivity index (χ0) is 12.6. The average molecular weight is 378 g/mol. The molecule has 0 fully saturated rings. The summed E-state index contributed by atoms with van der Waals surface area (Å²) in [6.07, 6.45) is 0. The minimum Gasteiger partial charge on any atom is -0.207 e. The molecule has 0 aliphatic heterocycles. The van der Waals surface area contributed by atoms with Crippen LogP contribution < -0.4 is 0 Å². The third kappa shape index (κ3) is 2.80. The smallest absolute Gasteiger partial charge is 0.126 e. The first-order valence-electron chi connectivity index (χ1n) is 5.15. The van der Waals surface area contributed by atoms with Crippen LogP contribution in [0.5, 0.6) is 0 Å². The van der Waals surface area contributed by atoms with Gasteiger partial charge in [0.25, 0.3) is 0 Å². The molecule has 0 radical (unpaired) electrons. The van der Waals surface area contributed by atoms with Gasteiger partial charge in [0.1, 0.15) is 5.82 Å². The Morgan fingerprint density at radius 3 is 2.41 bits per heavy atom. The van der Waals surface area contributed by atoms with Crippen LogP contribution in [0.3, 0.4) is 0 Å². The van der Waals surface area contributed by atoms with Crippen molar-refractivity contribution in [1.29, 1.82) is 0 Å². The van der Waals surface area contributed by atoms with Gasteiger partial charge in [0.15, 0.2) is 0 Å². The minimum atomic E-state index is -0.156. The van der Waals surface area contributed by atoms with E-state index in [1.54, 1.807) is 18.3 Å². The number of thiophene rings is 1. The maximum absolute atomic E-state index is 13.2. The van der Waals surface area contributed by atoms with Crippen LogP contribution in [0.15, 0.2) is 28.1 Å². The predicted molar refractivity (Wildman–Crippen MR) is 78.7 cm³/mol. The largest absolute Gasteiger partial charge is 0.207 e. The molecule has 0 aliphatic rings. The Morgan fingerprint density at radius 1 is 1.18 bits per heavy atom. The highest BCUT2D eigenvalue weighted by atomic mass is 79.9. The molecule has 1 heterocycles. The van der Waals surface area contributed by atoms with E-state index in [1.165, 1.54) is 16.5 Å². The van der Waals surface area contributed by atoms with Crippen LogP contribution in [0, 0.1) is 19.7 Å². The van der Waals surface area contributed by atoms with Crippen molar-refractivity contribution < 1.29 is 4.39 Å². The number of benzene rings is 1. The third-order valence-corrected chi connectivity index (χ3v) is 6.13. The van der Waals surface area contributed by atoms with Crippen LogP contribution in [0.4, 0.5) is 4.39 Å². The van der Waals surface area contributed by atoms with Crippen LogP contribution in [-0.4, -0.2) is 0 Å². The number of rotatable bonds is 2. The fourth-order valence-electron chi connectivity index (χ4n) is 1.60. The molecule has 17 heavy (non-hydrogen) atoms. The predicted octanol–water partition coefficient (Wildman–Crippen LogP) is 5.75. The molecule has 1 aromatic carbocycles. The van der Waals surface area contributed by atoms with E-state index in [9.17, 15) is 4.39 Å². The van der Waals surface area contributed by atoms with Gasteiger partial charge in [-0.1, -0.05) is 28.1 Å². The van der Waals surface area contributed by atoms with Gasteiger partial charge < -0.3 is 0 Å². The highest BCUT2D eigenvalue weighted by molar-refractivity contribution is 9.11. The Balaban J connectivity index is 2.36. The van der Waals surface area contributed by atoms with E-state index < -0.39 is 0 Å². The number of hydrogen-bond acceptors (Lipinski definition) is 1. The number of halogens is 3. The summed E-state index contributed by atoms with van der Waals surface area (Å²) in [5.74, 6) is -0.156. The topological polar surface area (TPSA) is 0 Å². The Labute approximate surface area is 121 Å². The zero-order valence-electron chi connectivity index (χ0n) is 9.43. The molecule has 0 bridgehead atoms. The van der Waals surface area contributed by atoms with E-state index in [2.05, 4.69) is 44.8 Å². The van der Waals surface area contributed by atoms with E-state index in [0.717, 1.165) is 9.35 Å². The number of aryl methyl sites for hydroxylation is 2. The van der Waals surface area contributed by atoms with Crippen molar-refractivity contribution in [1.82, 2.24) is 0 Å². The molecular weight excluding hydrogens is 367 g/mol. The lowest BCUT2D eigenvalue weighted by Gasteiger charge is -2.09. The normalized spacial score (nSPS) is 12.8. The van der Waals surface area contributed by atoms with E-state index >= 15 is 0 Å². The van der Waals surface area contributed by atoms with Crippen LogP contribution >= 0.6 is 43.2 Å². The van der Waals surface area contributed by atoms with Crippen LogP contribution in [0.1, 0.15) is 26.4 Å². The van der Waals surface area contributed by atoms with Crippen LogP contribution in [-0.2, 0) is 0 Å². The van der Waals surface area contributed by atoms with E-state index in [4.69, 9.17) is 0 Å².